The maximum atomic E-state index is 16.0. The zero-order valence-electron chi connectivity index (χ0n) is 29.4. The molecular weight excluding hydrogens is 821 g/mol. The van der Waals surface area contributed by atoms with E-state index in [1.54, 1.807) is 41.5 Å². The summed E-state index contributed by atoms with van der Waals surface area (Å²) in [7, 11) is -1.83. The van der Waals surface area contributed by atoms with E-state index in [0.717, 1.165) is 17.0 Å². The summed E-state index contributed by atoms with van der Waals surface area (Å²) >= 11 is -4.17. The predicted molar refractivity (Wildman–Crippen MR) is 185 cm³/mol. The summed E-state index contributed by atoms with van der Waals surface area (Å²) in [5.41, 5.74) is -7.78. The Balaban J connectivity index is 2.15. The summed E-state index contributed by atoms with van der Waals surface area (Å²) in [4.78, 5) is 48.3. The number of ether oxygens (including phenoxy) is 3. The van der Waals surface area contributed by atoms with Crippen LogP contribution in [0.5, 0.6) is 5.75 Å². The average molecular weight is 862 g/mol. The topological polar surface area (TPSA) is 148 Å². The Hall–Kier alpha value is -3.92. The van der Waals surface area contributed by atoms with E-state index in [1.807, 2.05) is 0 Å². The number of halogens is 5. The van der Waals surface area contributed by atoms with Crippen molar-refractivity contribution in [1.29, 1.82) is 0 Å². The Bertz CT molecular complexity index is 1730. The molecule has 1 fully saturated rings. The second-order valence-corrected chi connectivity index (χ2v) is 19.5. The van der Waals surface area contributed by atoms with Crippen LogP contribution in [-0.4, -0.2) is 103 Å². The number of amides is 4. The Labute approximate surface area is 301 Å². The predicted octanol–water partition coefficient (Wildman–Crippen LogP) is 6.40. The van der Waals surface area contributed by atoms with Crippen molar-refractivity contribution in [1.82, 2.24) is 19.6 Å². The molecule has 0 aromatic heterocycles. The number of carbonyl (C=O) groups is 3. The van der Waals surface area contributed by atoms with Gasteiger partial charge in [0.15, 0.2) is 0 Å². The normalized spacial score (nSPS) is 15.1. The van der Waals surface area contributed by atoms with E-state index in [-0.39, 0.29) is 34.5 Å². The van der Waals surface area contributed by atoms with Crippen molar-refractivity contribution < 1.29 is 57.1 Å². The van der Waals surface area contributed by atoms with Gasteiger partial charge in [-0.05, 0) is 0 Å². The van der Waals surface area contributed by atoms with E-state index in [2.05, 4.69) is 4.99 Å². The van der Waals surface area contributed by atoms with Gasteiger partial charge in [0.2, 0.25) is 0 Å². The third kappa shape index (κ3) is 11.3. The van der Waals surface area contributed by atoms with E-state index >= 15 is 4.39 Å². The molecule has 284 valence electrons. The van der Waals surface area contributed by atoms with E-state index in [0.29, 0.717) is 5.75 Å². The summed E-state index contributed by atoms with van der Waals surface area (Å²) in [6, 6.07) is 8.16. The number of aliphatic imine (C=N–C) groups is 1. The van der Waals surface area contributed by atoms with Crippen LogP contribution in [0.2, 0.25) is 0 Å². The number of urea groups is 1. The molecule has 1 aliphatic rings. The Morgan fingerprint density at radius 1 is 0.922 bits per heavy atom. The molecule has 0 atom stereocenters. The van der Waals surface area contributed by atoms with Crippen LogP contribution in [0.3, 0.4) is 0 Å². The van der Waals surface area contributed by atoms with E-state index < -0.39 is 75.2 Å². The van der Waals surface area contributed by atoms with E-state index in [4.69, 9.17) is 16.7 Å². The Morgan fingerprint density at radius 3 is 1.94 bits per heavy atom. The molecule has 14 nitrogen and oxygen atoms in total. The van der Waals surface area contributed by atoms with Gasteiger partial charge in [-0.1, -0.05) is 0 Å². The van der Waals surface area contributed by atoms with Crippen molar-refractivity contribution in [3.05, 3.63) is 61.0 Å². The fraction of sp³-hybridized carbons (Fsp3) is 0.484. The molecule has 0 bridgehead atoms. The van der Waals surface area contributed by atoms with Crippen molar-refractivity contribution in [2.75, 3.05) is 34.5 Å². The van der Waals surface area contributed by atoms with Crippen LogP contribution < -0.4 is 4.74 Å². The number of nitrogens with zero attached hydrogens (tertiary/aromatic N) is 5. The van der Waals surface area contributed by atoms with Gasteiger partial charge in [-0.3, -0.25) is 0 Å². The fourth-order valence-corrected chi connectivity index (χ4v) is 10.7. The van der Waals surface area contributed by atoms with Crippen molar-refractivity contribution in [2.45, 2.75) is 64.8 Å². The molecule has 3 rings (SSSR count). The standard InChI is InChI=1S/C31H40F4IN5O9S/c1-29(2,3)48-26(42)37-25(40-18-38(7)27(43)39(8)19-40)41(28(44)49-30(4,5)6)17-20-10-15-24(23(32)16-20)36(50-51(45,46)31(33,34)35)21-11-13-22(47-9)14-12-21/h10-16H,17-19H2,1-9H3/b37-25+. The van der Waals surface area contributed by atoms with Crippen LogP contribution in [0.4, 0.5) is 31.9 Å². The molecule has 0 aliphatic carbocycles. The molecule has 1 saturated heterocycles. The minimum atomic E-state index is -6.14. The molecule has 4 amide bonds. The van der Waals surface area contributed by atoms with Crippen molar-refractivity contribution in [3.63, 3.8) is 0 Å². The zero-order chi connectivity index (χ0) is 38.7. The van der Waals surface area contributed by atoms with Crippen molar-refractivity contribution >= 4 is 54.5 Å². The quantitative estimate of drug-likeness (QED) is 0.101. The molecule has 2 aromatic carbocycles. The van der Waals surface area contributed by atoms with Gasteiger partial charge in [0.25, 0.3) is 0 Å². The Morgan fingerprint density at radius 2 is 1.47 bits per heavy atom. The number of hydrogen-bond acceptors (Lipinski definition) is 9. The summed E-state index contributed by atoms with van der Waals surface area (Å²) in [5.74, 6) is -1.13. The fourth-order valence-electron chi connectivity index (χ4n) is 4.25. The first kappa shape index (κ1) is 41.5. The summed E-state index contributed by atoms with van der Waals surface area (Å²) in [6.07, 6.45) is -2.12. The SMILES string of the molecule is COc1ccc(I(OS(=O)(=O)C(F)(F)F)c2ccc(CN(C(=O)OC(C)(C)C)/C(=N/C(=O)OC(C)(C)C)N3CN(C)C(=O)N(C)C3)cc2F)cc1. The summed E-state index contributed by atoms with van der Waals surface area (Å²) < 4.78 is 101. The number of rotatable bonds is 7. The number of guanidine groups is 1. The third-order valence-electron chi connectivity index (χ3n) is 6.33. The van der Waals surface area contributed by atoms with Gasteiger partial charge in [-0.15, -0.1) is 0 Å². The first-order valence-corrected chi connectivity index (χ1v) is 19.4. The van der Waals surface area contributed by atoms with Crippen molar-refractivity contribution in [3.8, 4) is 5.75 Å². The summed E-state index contributed by atoms with van der Waals surface area (Å²) in [5, 5.41) is 0. The monoisotopic (exact) mass is 861 g/mol. The molecule has 20 heteroatoms. The number of methoxy groups -OCH3 is 1. The van der Waals surface area contributed by atoms with Crippen LogP contribution >= 0.6 is 20.2 Å². The molecule has 2 aromatic rings. The van der Waals surface area contributed by atoms with Gasteiger partial charge >= 0.3 is 302 Å². The first-order chi connectivity index (χ1) is 23.3. The van der Waals surface area contributed by atoms with Crippen LogP contribution in [0, 0.1) is 13.0 Å². The number of carbonyl (C=O) groups excluding carboxylic acids is 3. The average Bonchev–Trinajstić information content (AvgIpc) is 2.98. The van der Waals surface area contributed by atoms with Crippen LogP contribution in [0.25, 0.3) is 0 Å². The number of hydrogen-bond donors (Lipinski definition) is 0. The second kappa shape index (κ2) is 15.8. The number of benzene rings is 2. The molecule has 51 heavy (non-hydrogen) atoms. The van der Waals surface area contributed by atoms with E-state index in [1.165, 1.54) is 66.2 Å². The van der Waals surface area contributed by atoms with Gasteiger partial charge in [0.05, 0.1) is 0 Å². The molecule has 0 radical (unpaired) electrons. The van der Waals surface area contributed by atoms with Crippen LogP contribution in [-0.2, 0) is 28.6 Å². The molecule has 0 N–H and O–H groups in total. The van der Waals surface area contributed by atoms with E-state index in [9.17, 15) is 36.0 Å². The first-order valence-electron chi connectivity index (χ1n) is 15.0. The van der Waals surface area contributed by atoms with Gasteiger partial charge in [0, 0.05) is 0 Å². The minimum absolute atomic E-state index is 0.00882. The third-order valence-corrected chi connectivity index (χ3v) is 13.5. The Kier molecular flexibility index (Phi) is 12.8. The molecular formula is C31H40F4IN5O9S. The molecule has 0 spiro atoms. The second-order valence-electron chi connectivity index (χ2n) is 13.1. The van der Waals surface area contributed by atoms with Crippen LogP contribution in [0.15, 0.2) is 47.5 Å². The van der Waals surface area contributed by atoms with Gasteiger partial charge < -0.3 is 0 Å². The molecule has 1 aliphatic heterocycles. The van der Waals surface area contributed by atoms with Gasteiger partial charge in [-0.25, -0.2) is 0 Å². The number of alkyl halides is 3. The molecule has 0 unspecified atom stereocenters. The summed E-state index contributed by atoms with van der Waals surface area (Å²) in [6.45, 7) is 8.77. The van der Waals surface area contributed by atoms with Gasteiger partial charge in [0.1, 0.15) is 0 Å². The van der Waals surface area contributed by atoms with Crippen LogP contribution in [0.1, 0.15) is 47.1 Å². The molecule has 1 heterocycles. The zero-order valence-corrected chi connectivity index (χ0v) is 32.3. The van der Waals surface area contributed by atoms with Crippen molar-refractivity contribution in [2.24, 2.45) is 4.99 Å². The maximum absolute atomic E-state index is 16.0. The molecule has 0 saturated carbocycles. The van der Waals surface area contributed by atoms with Gasteiger partial charge in [-0.2, -0.15) is 0 Å².